The zero-order chi connectivity index (χ0) is 18.6. The molecule has 0 bridgehead atoms. The van der Waals surface area contributed by atoms with E-state index in [-0.39, 0.29) is 12.2 Å². The van der Waals surface area contributed by atoms with Gasteiger partial charge in [-0.3, -0.25) is 0 Å². The first-order valence-corrected chi connectivity index (χ1v) is 9.43. The highest BCUT2D eigenvalue weighted by molar-refractivity contribution is 5.67. The second-order valence-corrected chi connectivity index (χ2v) is 7.00. The van der Waals surface area contributed by atoms with Gasteiger partial charge in [-0.15, -0.1) is 0 Å². The third kappa shape index (κ3) is 4.10. The predicted molar refractivity (Wildman–Crippen MR) is 105 cm³/mol. The molecule has 4 heterocycles. The molecule has 2 aromatic heterocycles. The Morgan fingerprint density at radius 3 is 2.52 bits per heavy atom. The first-order chi connectivity index (χ1) is 13.2. The van der Waals surface area contributed by atoms with E-state index >= 15 is 0 Å². The highest BCUT2D eigenvalue weighted by atomic mass is 16.3. The molecule has 3 N–H and O–H groups in total. The molecule has 2 aliphatic heterocycles. The molecule has 2 aliphatic rings. The van der Waals surface area contributed by atoms with Crippen LogP contribution in [0.5, 0.6) is 0 Å². The van der Waals surface area contributed by atoms with Crippen molar-refractivity contribution >= 4 is 11.5 Å². The topological polar surface area (TPSA) is 85.9 Å². The fraction of sp³-hybridized carbons (Fsp3) is 0.400. The van der Waals surface area contributed by atoms with E-state index in [1.165, 1.54) is 0 Å². The third-order valence-corrected chi connectivity index (χ3v) is 4.93. The van der Waals surface area contributed by atoms with E-state index in [0.717, 1.165) is 55.2 Å². The molecule has 7 heteroatoms. The molecular weight excluding hydrogens is 342 g/mol. The minimum absolute atomic E-state index is 0.0648. The zero-order valence-corrected chi connectivity index (χ0v) is 15.2. The minimum atomic E-state index is -0.260. The second-order valence-electron chi connectivity index (χ2n) is 7.00. The fourth-order valence-corrected chi connectivity index (χ4v) is 3.47. The van der Waals surface area contributed by atoms with Gasteiger partial charge >= 0.3 is 0 Å². The van der Waals surface area contributed by atoms with Crippen LogP contribution in [0.4, 0.5) is 5.82 Å². The molecule has 2 atom stereocenters. The quantitative estimate of drug-likeness (QED) is 0.633. The van der Waals surface area contributed by atoms with Crippen LogP contribution in [0, 0.1) is 0 Å². The van der Waals surface area contributed by atoms with Gasteiger partial charge in [0.25, 0.3) is 0 Å². The van der Waals surface area contributed by atoms with Crippen LogP contribution in [0.25, 0.3) is 16.9 Å². The molecule has 0 spiro atoms. The Balaban J connectivity index is 0.000000257. The van der Waals surface area contributed by atoms with Crippen LogP contribution in [0.2, 0.25) is 0 Å². The van der Waals surface area contributed by atoms with Gasteiger partial charge in [0.2, 0.25) is 0 Å². The van der Waals surface area contributed by atoms with Crippen molar-refractivity contribution in [3.8, 4) is 11.3 Å². The maximum Gasteiger partial charge on any atom is 0.157 e. The minimum Gasteiger partial charge on any atom is -0.392 e. The largest absolute Gasteiger partial charge is 0.392 e. The zero-order valence-electron chi connectivity index (χ0n) is 15.2. The van der Waals surface area contributed by atoms with Crippen molar-refractivity contribution < 1.29 is 10.2 Å². The summed E-state index contributed by atoms with van der Waals surface area (Å²) in [5.41, 5.74) is 2.84. The van der Waals surface area contributed by atoms with Gasteiger partial charge in [0.1, 0.15) is 5.82 Å². The van der Waals surface area contributed by atoms with Gasteiger partial charge in [-0.05, 0) is 19.4 Å². The molecular formula is C20H25N5O2. The van der Waals surface area contributed by atoms with Crippen molar-refractivity contribution in [3.05, 3.63) is 48.7 Å². The lowest BCUT2D eigenvalue weighted by Crippen LogP contribution is -2.24. The molecule has 3 aromatic rings. The summed E-state index contributed by atoms with van der Waals surface area (Å²) in [6, 6.07) is 14.1. The first-order valence-electron chi connectivity index (χ1n) is 9.43. The van der Waals surface area contributed by atoms with Crippen molar-refractivity contribution in [2.75, 3.05) is 31.1 Å². The van der Waals surface area contributed by atoms with Crippen LogP contribution in [-0.2, 0) is 0 Å². The van der Waals surface area contributed by atoms with Crippen LogP contribution >= 0.6 is 0 Å². The van der Waals surface area contributed by atoms with E-state index in [4.69, 9.17) is 5.11 Å². The average Bonchev–Trinajstić information content (AvgIpc) is 3.44. The lowest BCUT2D eigenvalue weighted by atomic mass is 10.1. The van der Waals surface area contributed by atoms with Gasteiger partial charge in [0.15, 0.2) is 5.65 Å². The Hall–Kier alpha value is -2.48. The smallest absolute Gasteiger partial charge is 0.157 e. The summed E-state index contributed by atoms with van der Waals surface area (Å²) in [6.07, 6.45) is 3.16. The first kappa shape index (κ1) is 17.9. The van der Waals surface area contributed by atoms with Crippen LogP contribution in [-0.4, -0.2) is 63.2 Å². The number of fused-ring (bicyclic) bond motifs is 1. The summed E-state index contributed by atoms with van der Waals surface area (Å²) in [4.78, 5) is 6.83. The summed E-state index contributed by atoms with van der Waals surface area (Å²) in [6.45, 7) is 3.27. The summed E-state index contributed by atoms with van der Waals surface area (Å²) >= 11 is 0. The van der Waals surface area contributed by atoms with E-state index < -0.39 is 0 Å². The molecule has 0 saturated carbocycles. The highest BCUT2D eigenvalue weighted by Gasteiger charge is 2.23. The monoisotopic (exact) mass is 367 g/mol. The number of anilines is 1. The number of hydrogen-bond acceptors (Lipinski definition) is 6. The van der Waals surface area contributed by atoms with Gasteiger partial charge in [-0.2, -0.15) is 9.61 Å². The molecule has 5 rings (SSSR count). The lowest BCUT2D eigenvalue weighted by Gasteiger charge is -2.19. The van der Waals surface area contributed by atoms with E-state index in [9.17, 15) is 5.11 Å². The van der Waals surface area contributed by atoms with Crippen LogP contribution in [0.1, 0.15) is 12.8 Å². The third-order valence-electron chi connectivity index (χ3n) is 4.93. The van der Waals surface area contributed by atoms with Crippen molar-refractivity contribution in [3.63, 3.8) is 0 Å². The fourth-order valence-electron chi connectivity index (χ4n) is 3.47. The molecule has 2 unspecified atom stereocenters. The predicted octanol–water partition coefficient (Wildman–Crippen LogP) is 1.31. The lowest BCUT2D eigenvalue weighted by molar-refractivity contribution is 0.196. The highest BCUT2D eigenvalue weighted by Crippen LogP contribution is 2.26. The summed E-state index contributed by atoms with van der Waals surface area (Å²) < 4.78 is 1.84. The van der Waals surface area contributed by atoms with Gasteiger partial charge in [0.05, 0.1) is 24.1 Å². The van der Waals surface area contributed by atoms with E-state index in [0.29, 0.717) is 6.54 Å². The Kier molecular flexibility index (Phi) is 5.33. The molecule has 1 aromatic carbocycles. The average molecular weight is 367 g/mol. The van der Waals surface area contributed by atoms with Gasteiger partial charge in [-0.25, -0.2) is 4.98 Å². The van der Waals surface area contributed by atoms with Gasteiger partial charge < -0.3 is 20.4 Å². The molecule has 0 amide bonds. The van der Waals surface area contributed by atoms with Crippen LogP contribution in [0.3, 0.4) is 0 Å². The molecule has 2 fully saturated rings. The normalized spacial score (nSPS) is 22.1. The SMILES string of the molecule is OC1CCN(c2cc(-c3ccccc3)nc3ccnn23)C1.OC1CCNC1. The number of β-amino-alcohol motifs (C(OH)–C–C–N with tert-alkyl or cyclic N) is 2. The molecule has 2 saturated heterocycles. The summed E-state index contributed by atoms with van der Waals surface area (Å²) in [5.74, 6) is 0.986. The van der Waals surface area contributed by atoms with Crippen molar-refractivity contribution in [2.24, 2.45) is 0 Å². The Bertz CT molecular complexity index is 876. The number of hydrogen-bond donors (Lipinski definition) is 3. The summed E-state index contributed by atoms with van der Waals surface area (Å²) in [5, 5.41) is 25.8. The molecule has 0 aliphatic carbocycles. The van der Waals surface area contributed by atoms with Crippen molar-refractivity contribution in [2.45, 2.75) is 25.0 Å². The standard InChI is InChI=1S/C16H16N4O.C4H9NO/c21-13-7-9-19(11-13)16-10-14(12-4-2-1-3-5-12)18-15-6-8-17-20(15)16;6-4-1-2-5-3-4/h1-6,8,10,13,21H,7,9,11H2;4-6H,1-3H2. The summed E-state index contributed by atoms with van der Waals surface area (Å²) in [7, 11) is 0. The van der Waals surface area contributed by atoms with Crippen LogP contribution < -0.4 is 10.2 Å². The Morgan fingerprint density at radius 2 is 1.89 bits per heavy atom. The molecule has 0 radical (unpaired) electrons. The van der Waals surface area contributed by atoms with Gasteiger partial charge in [-0.1, -0.05) is 30.3 Å². The van der Waals surface area contributed by atoms with Crippen molar-refractivity contribution in [1.29, 1.82) is 0 Å². The number of aliphatic hydroxyl groups is 2. The maximum absolute atomic E-state index is 9.78. The van der Waals surface area contributed by atoms with E-state index in [1.54, 1.807) is 6.20 Å². The number of nitrogens with zero attached hydrogens (tertiary/aromatic N) is 4. The number of benzene rings is 1. The van der Waals surface area contributed by atoms with Crippen LogP contribution in [0.15, 0.2) is 48.7 Å². The number of rotatable bonds is 2. The van der Waals surface area contributed by atoms with E-state index in [2.05, 4.69) is 32.4 Å². The molecule has 142 valence electrons. The van der Waals surface area contributed by atoms with Gasteiger partial charge in [0, 0.05) is 37.3 Å². The Morgan fingerprint density at radius 1 is 1.04 bits per heavy atom. The number of nitrogens with one attached hydrogen (secondary N) is 1. The number of aromatic nitrogens is 3. The van der Waals surface area contributed by atoms with Crippen molar-refractivity contribution in [1.82, 2.24) is 19.9 Å². The number of aliphatic hydroxyl groups excluding tert-OH is 2. The molecule has 7 nitrogen and oxygen atoms in total. The molecule has 27 heavy (non-hydrogen) atoms. The second kappa shape index (κ2) is 8.04. The maximum atomic E-state index is 9.78. The Labute approximate surface area is 158 Å². The van der Waals surface area contributed by atoms with E-state index in [1.807, 2.05) is 34.8 Å².